The van der Waals surface area contributed by atoms with Gasteiger partial charge in [0.15, 0.2) is 0 Å². The van der Waals surface area contributed by atoms with Crippen molar-refractivity contribution in [2.75, 3.05) is 33.2 Å². The Kier molecular flexibility index (Phi) is 3.53. The normalized spacial score (nSPS) is 20.6. The maximum Gasteiger partial charge on any atom is 0.210 e. The molecule has 102 valence electrons. The molecule has 0 N–H and O–H groups in total. The van der Waals surface area contributed by atoms with Crippen molar-refractivity contribution < 1.29 is 4.79 Å². The van der Waals surface area contributed by atoms with Crippen molar-refractivity contribution in [2.24, 2.45) is 0 Å². The Morgan fingerprint density at radius 2 is 1.95 bits per heavy atom. The Labute approximate surface area is 114 Å². The Balaban J connectivity index is 1.72. The summed E-state index contributed by atoms with van der Waals surface area (Å²) in [6, 6.07) is 6.48. The minimum Gasteiger partial charge on any atom is -0.337 e. The molecule has 0 bridgehead atoms. The summed E-state index contributed by atoms with van der Waals surface area (Å²) in [4.78, 5) is 17.7. The topological polar surface area (TPSA) is 26.8 Å². The zero-order valence-electron chi connectivity index (χ0n) is 11.5. The molecule has 2 aliphatic rings. The number of hydrogen-bond acceptors (Lipinski definition) is 3. The van der Waals surface area contributed by atoms with E-state index in [1.165, 1.54) is 16.7 Å². The number of hydrogen-bond donors (Lipinski definition) is 0. The minimum atomic E-state index is 0.773. The summed E-state index contributed by atoms with van der Waals surface area (Å²) in [5.74, 6) is 0. The van der Waals surface area contributed by atoms with Gasteiger partial charge in [-0.05, 0) is 23.7 Å². The maximum absolute atomic E-state index is 10.9. The van der Waals surface area contributed by atoms with Gasteiger partial charge in [-0.25, -0.2) is 0 Å². The van der Waals surface area contributed by atoms with E-state index in [1.807, 2.05) is 4.90 Å². The van der Waals surface area contributed by atoms with Gasteiger partial charge in [-0.1, -0.05) is 18.2 Å². The molecule has 2 aliphatic heterocycles. The highest BCUT2D eigenvalue weighted by Gasteiger charge is 2.22. The third-order valence-corrected chi connectivity index (χ3v) is 4.24. The number of nitrogens with zero attached hydrogens (tertiary/aromatic N) is 3. The number of fused-ring (bicyclic) bond motifs is 1. The number of amides is 1. The highest BCUT2D eigenvalue weighted by Crippen LogP contribution is 2.26. The van der Waals surface area contributed by atoms with Crippen molar-refractivity contribution >= 4 is 6.41 Å². The van der Waals surface area contributed by atoms with Gasteiger partial charge in [-0.3, -0.25) is 9.69 Å². The average Bonchev–Trinajstić information content (AvgIpc) is 2.85. The quantitative estimate of drug-likeness (QED) is 0.755. The van der Waals surface area contributed by atoms with E-state index in [9.17, 15) is 4.79 Å². The van der Waals surface area contributed by atoms with Crippen LogP contribution < -0.4 is 0 Å². The van der Waals surface area contributed by atoms with Crippen molar-refractivity contribution in [1.82, 2.24) is 14.7 Å². The molecule has 1 amide bonds. The van der Waals surface area contributed by atoms with Crippen LogP contribution in [0.3, 0.4) is 0 Å². The Morgan fingerprint density at radius 3 is 2.68 bits per heavy atom. The minimum absolute atomic E-state index is 0.773. The van der Waals surface area contributed by atoms with E-state index in [1.54, 1.807) is 0 Å². The van der Waals surface area contributed by atoms with Gasteiger partial charge in [0, 0.05) is 45.8 Å². The molecule has 0 aromatic heterocycles. The zero-order valence-corrected chi connectivity index (χ0v) is 11.5. The summed E-state index contributed by atoms with van der Waals surface area (Å²) in [6.45, 7) is 7.14. The molecule has 1 saturated heterocycles. The predicted molar refractivity (Wildman–Crippen MR) is 74.5 cm³/mol. The van der Waals surface area contributed by atoms with E-state index >= 15 is 0 Å². The summed E-state index contributed by atoms with van der Waals surface area (Å²) in [6.07, 6.45) is 0.958. The molecule has 3 rings (SSSR count). The second kappa shape index (κ2) is 5.31. The number of carbonyl (C=O) groups excluding carboxylic acids is 1. The molecule has 0 aliphatic carbocycles. The molecule has 0 saturated carbocycles. The zero-order chi connectivity index (χ0) is 13.2. The van der Waals surface area contributed by atoms with Crippen molar-refractivity contribution in [3.8, 4) is 0 Å². The van der Waals surface area contributed by atoms with Gasteiger partial charge in [0.05, 0.1) is 0 Å². The fourth-order valence-corrected chi connectivity index (χ4v) is 2.99. The van der Waals surface area contributed by atoms with Gasteiger partial charge in [-0.15, -0.1) is 0 Å². The van der Waals surface area contributed by atoms with Gasteiger partial charge in [0.2, 0.25) is 6.41 Å². The lowest BCUT2D eigenvalue weighted by molar-refractivity contribution is -0.118. The van der Waals surface area contributed by atoms with Crippen LogP contribution in [0.25, 0.3) is 0 Å². The van der Waals surface area contributed by atoms with Gasteiger partial charge in [0.1, 0.15) is 0 Å². The standard InChI is InChI=1S/C15H21N3O/c1-16-5-7-17(8-6-16)9-13-3-2-4-14-10-18(12-19)11-15(13)14/h2-4,12H,5-11H2,1H3. The van der Waals surface area contributed by atoms with Gasteiger partial charge < -0.3 is 9.80 Å². The van der Waals surface area contributed by atoms with Gasteiger partial charge in [-0.2, -0.15) is 0 Å². The molecule has 1 aromatic carbocycles. The van der Waals surface area contributed by atoms with Crippen LogP contribution in [0.4, 0.5) is 0 Å². The number of carbonyl (C=O) groups is 1. The molecule has 4 nitrogen and oxygen atoms in total. The van der Waals surface area contributed by atoms with Crippen molar-refractivity contribution in [1.29, 1.82) is 0 Å². The van der Waals surface area contributed by atoms with E-state index in [4.69, 9.17) is 0 Å². The predicted octanol–water partition coefficient (Wildman–Crippen LogP) is 0.906. The first-order valence-corrected chi connectivity index (χ1v) is 6.96. The fourth-order valence-electron chi connectivity index (χ4n) is 2.99. The first kappa shape index (κ1) is 12.6. The van der Waals surface area contributed by atoms with Crippen LogP contribution >= 0.6 is 0 Å². The SMILES string of the molecule is CN1CCN(Cc2cccc3c2CN(C=O)C3)CC1. The van der Waals surface area contributed by atoms with Crippen molar-refractivity contribution in [3.05, 3.63) is 34.9 Å². The highest BCUT2D eigenvalue weighted by molar-refractivity contribution is 5.52. The second-order valence-corrected chi connectivity index (χ2v) is 5.64. The molecular formula is C15H21N3O. The smallest absolute Gasteiger partial charge is 0.210 e. The van der Waals surface area contributed by atoms with Crippen LogP contribution in [0.15, 0.2) is 18.2 Å². The van der Waals surface area contributed by atoms with Crippen LogP contribution in [-0.4, -0.2) is 54.3 Å². The molecule has 4 heteroatoms. The van der Waals surface area contributed by atoms with Crippen LogP contribution in [0, 0.1) is 0 Å². The fraction of sp³-hybridized carbons (Fsp3) is 0.533. The number of benzene rings is 1. The molecule has 2 heterocycles. The van der Waals surface area contributed by atoms with Gasteiger partial charge in [0.25, 0.3) is 0 Å². The van der Waals surface area contributed by atoms with Gasteiger partial charge >= 0.3 is 0 Å². The highest BCUT2D eigenvalue weighted by atomic mass is 16.1. The molecule has 0 radical (unpaired) electrons. The summed E-state index contributed by atoms with van der Waals surface area (Å²) >= 11 is 0. The summed E-state index contributed by atoms with van der Waals surface area (Å²) in [7, 11) is 2.18. The summed E-state index contributed by atoms with van der Waals surface area (Å²) < 4.78 is 0. The lowest BCUT2D eigenvalue weighted by Gasteiger charge is -2.32. The van der Waals surface area contributed by atoms with Crippen molar-refractivity contribution in [2.45, 2.75) is 19.6 Å². The summed E-state index contributed by atoms with van der Waals surface area (Å²) in [5, 5.41) is 0. The second-order valence-electron chi connectivity index (χ2n) is 5.64. The summed E-state index contributed by atoms with van der Waals surface area (Å²) in [5.41, 5.74) is 4.08. The largest absolute Gasteiger partial charge is 0.337 e. The monoisotopic (exact) mass is 259 g/mol. The van der Waals surface area contributed by atoms with Crippen LogP contribution in [0.5, 0.6) is 0 Å². The van der Waals surface area contributed by atoms with Crippen LogP contribution in [-0.2, 0) is 24.4 Å². The Hall–Kier alpha value is -1.39. The molecular weight excluding hydrogens is 238 g/mol. The average molecular weight is 259 g/mol. The van der Waals surface area contributed by atoms with E-state index in [0.717, 1.165) is 52.2 Å². The van der Waals surface area contributed by atoms with Crippen molar-refractivity contribution in [3.63, 3.8) is 0 Å². The lowest BCUT2D eigenvalue weighted by atomic mass is 10.0. The number of likely N-dealkylation sites (N-methyl/N-ethyl adjacent to an activating group) is 1. The van der Waals surface area contributed by atoms with E-state index in [0.29, 0.717) is 0 Å². The molecule has 19 heavy (non-hydrogen) atoms. The maximum atomic E-state index is 10.9. The van der Waals surface area contributed by atoms with E-state index in [2.05, 4.69) is 35.0 Å². The van der Waals surface area contributed by atoms with Crippen LogP contribution in [0.2, 0.25) is 0 Å². The third-order valence-electron chi connectivity index (χ3n) is 4.24. The van der Waals surface area contributed by atoms with E-state index < -0.39 is 0 Å². The molecule has 1 aromatic rings. The third kappa shape index (κ3) is 2.65. The Bertz CT molecular complexity index is 466. The number of rotatable bonds is 3. The molecule has 1 fully saturated rings. The van der Waals surface area contributed by atoms with E-state index in [-0.39, 0.29) is 0 Å². The Morgan fingerprint density at radius 1 is 1.16 bits per heavy atom. The molecule has 0 atom stereocenters. The first-order valence-electron chi connectivity index (χ1n) is 6.96. The molecule has 0 unspecified atom stereocenters. The van der Waals surface area contributed by atoms with Crippen LogP contribution in [0.1, 0.15) is 16.7 Å². The number of piperazine rings is 1. The first-order chi connectivity index (χ1) is 9.26. The lowest BCUT2D eigenvalue weighted by Crippen LogP contribution is -2.44. The molecule has 0 spiro atoms.